The van der Waals surface area contributed by atoms with E-state index in [2.05, 4.69) is 36.6 Å². The fourth-order valence-electron chi connectivity index (χ4n) is 4.13. The van der Waals surface area contributed by atoms with Crippen LogP contribution in [0.3, 0.4) is 0 Å². The number of fused-ring (bicyclic) bond motifs is 1. The second kappa shape index (κ2) is 6.93. The Morgan fingerprint density at radius 3 is 2.86 bits per heavy atom. The number of hydrogen-bond donors (Lipinski definition) is 1. The first-order valence-electron chi connectivity index (χ1n) is 8.47. The maximum atomic E-state index is 6.06. The maximum absolute atomic E-state index is 6.06. The molecule has 0 amide bonds. The lowest BCUT2D eigenvalue weighted by Crippen LogP contribution is -2.31. The maximum Gasteiger partial charge on any atom is 0.0345 e. The van der Waals surface area contributed by atoms with Gasteiger partial charge in [0.25, 0.3) is 0 Å². The van der Waals surface area contributed by atoms with Gasteiger partial charge in [-0.05, 0) is 66.0 Å². The van der Waals surface area contributed by atoms with Crippen LogP contribution >= 0.6 is 11.3 Å². The third kappa shape index (κ3) is 3.32. The minimum Gasteiger partial charge on any atom is -0.330 e. The van der Waals surface area contributed by atoms with E-state index in [1.807, 2.05) is 11.3 Å². The Morgan fingerprint density at radius 2 is 2.05 bits per heavy atom. The topological polar surface area (TPSA) is 26.0 Å². The third-order valence-electron chi connectivity index (χ3n) is 5.29. The van der Waals surface area contributed by atoms with E-state index in [4.69, 9.17) is 5.73 Å². The van der Waals surface area contributed by atoms with Crippen molar-refractivity contribution in [2.45, 2.75) is 45.4 Å². The average molecular weight is 301 g/mol. The van der Waals surface area contributed by atoms with Gasteiger partial charge in [-0.3, -0.25) is 0 Å². The van der Waals surface area contributed by atoms with Crippen molar-refractivity contribution in [1.82, 2.24) is 0 Å². The fraction of sp³-hybridized carbons (Fsp3) is 0.579. The van der Waals surface area contributed by atoms with Gasteiger partial charge in [0.2, 0.25) is 0 Å². The molecule has 0 radical (unpaired) electrons. The lowest BCUT2D eigenvalue weighted by molar-refractivity contribution is 0.176. The summed E-state index contributed by atoms with van der Waals surface area (Å²) in [4.78, 5) is 0. The van der Waals surface area contributed by atoms with E-state index < -0.39 is 0 Å². The molecule has 3 unspecified atom stereocenters. The number of benzene rings is 1. The van der Waals surface area contributed by atoms with Crippen molar-refractivity contribution in [1.29, 1.82) is 0 Å². The zero-order valence-corrected chi connectivity index (χ0v) is 13.9. The van der Waals surface area contributed by atoms with Crippen LogP contribution in [-0.4, -0.2) is 6.54 Å². The van der Waals surface area contributed by atoms with Gasteiger partial charge in [-0.1, -0.05) is 44.4 Å². The molecular weight excluding hydrogens is 274 g/mol. The molecule has 2 aromatic rings. The van der Waals surface area contributed by atoms with Gasteiger partial charge in [0.1, 0.15) is 0 Å². The molecule has 0 aliphatic heterocycles. The summed E-state index contributed by atoms with van der Waals surface area (Å²) in [5, 5.41) is 3.85. The predicted molar refractivity (Wildman–Crippen MR) is 93.8 cm³/mol. The van der Waals surface area contributed by atoms with Gasteiger partial charge in [0, 0.05) is 4.70 Å². The Morgan fingerprint density at radius 1 is 1.19 bits per heavy atom. The van der Waals surface area contributed by atoms with Gasteiger partial charge < -0.3 is 5.73 Å². The molecule has 1 nitrogen and oxygen atoms in total. The summed E-state index contributed by atoms with van der Waals surface area (Å²) in [5.41, 5.74) is 7.61. The minimum atomic E-state index is 0.733. The molecule has 2 N–H and O–H groups in total. The summed E-state index contributed by atoms with van der Waals surface area (Å²) < 4.78 is 1.43. The van der Waals surface area contributed by atoms with Gasteiger partial charge in [0.15, 0.2) is 0 Å². The van der Waals surface area contributed by atoms with E-state index in [1.165, 1.54) is 48.6 Å². The molecule has 1 aliphatic carbocycles. The summed E-state index contributed by atoms with van der Waals surface area (Å²) in [7, 11) is 0. The standard InChI is InChI=1S/C19H27NS/c1-2-5-14-8-9-15(12-20)16(10-14)11-17-13-21-19-7-4-3-6-18(17)19/h3-4,6-7,13-16H,2,5,8-12,20H2,1H3. The van der Waals surface area contributed by atoms with Gasteiger partial charge in [0.05, 0.1) is 0 Å². The summed E-state index contributed by atoms with van der Waals surface area (Å²) >= 11 is 1.89. The van der Waals surface area contributed by atoms with E-state index in [1.54, 1.807) is 5.56 Å². The zero-order chi connectivity index (χ0) is 14.7. The van der Waals surface area contributed by atoms with Crippen molar-refractivity contribution in [2.24, 2.45) is 23.5 Å². The second-order valence-electron chi connectivity index (χ2n) is 6.68. The fourth-order valence-corrected chi connectivity index (χ4v) is 5.10. The van der Waals surface area contributed by atoms with Crippen LogP contribution in [0.4, 0.5) is 0 Å². The average Bonchev–Trinajstić information content (AvgIpc) is 2.91. The van der Waals surface area contributed by atoms with Crippen LogP contribution in [0.25, 0.3) is 10.1 Å². The molecule has 0 saturated heterocycles. The monoisotopic (exact) mass is 301 g/mol. The van der Waals surface area contributed by atoms with E-state index in [9.17, 15) is 0 Å². The summed E-state index contributed by atoms with van der Waals surface area (Å²) in [6.07, 6.45) is 8.08. The number of hydrogen-bond acceptors (Lipinski definition) is 2. The Balaban J connectivity index is 1.77. The second-order valence-corrected chi connectivity index (χ2v) is 7.60. The molecule has 1 fully saturated rings. The summed E-state index contributed by atoms with van der Waals surface area (Å²) in [6.45, 7) is 3.18. The SMILES string of the molecule is CCCC1CCC(CN)C(Cc2csc3ccccc23)C1. The molecule has 1 aliphatic rings. The lowest BCUT2D eigenvalue weighted by atomic mass is 9.70. The van der Waals surface area contributed by atoms with Gasteiger partial charge in [-0.25, -0.2) is 0 Å². The summed E-state index contributed by atoms with van der Waals surface area (Å²) in [5.74, 6) is 2.46. The van der Waals surface area contributed by atoms with Crippen molar-refractivity contribution in [3.05, 3.63) is 35.2 Å². The van der Waals surface area contributed by atoms with Crippen molar-refractivity contribution >= 4 is 21.4 Å². The Labute approximate surface area is 132 Å². The van der Waals surface area contributed by atoms with Crippen LogP contribution in [0.15, 0.2) is 29.6 Å². The van der Waals surface area contributed by atoms with Crippen LogP contribution in [0.5, 0.6) is 0 Å². The van der Waals surface area contributed by atoms with E-state index in [0.717, 1.165) is 24.3 Å². The molecule has 1 aromatic heterocycles. The van der Waals surface area contributed by atoms with Crippen molar-refractivity contribution < 1.29 is 0 Å². The van der Waals surface area contributed by atoms with E-state index in [0.29, 0.717) is 0 Å². The Hall–Kier alpha value is -0.860. The highest BCUT2D eigenvalue weighted by molar-refractivity contribution is 7.17. The molecule has 114 valence electrons. The minimum absolute atomic E-state index is 0.733. The van der Waals surface area contributed by atoms with Gasteiger partial charge in [-0.15, -0.1) is 11.3 Å². The zero-order valence-electron chi connectivity index (χ0n) is 13.1. The van der Waals surface area contributed by atoms with Gasteiger partial charge in [-0.2, -0.15) is 0 Å². The van der Waals surface area contributed by atoms with Crippen LogP contribution in [0.2, 0.25) is 0 Å². The van der Waals surface area contributed by atoms with Crippen LogP contribution < -0.4 is 5.73 Å². The van der Waals surface area contributed by atoms with Crippen molar-refractivity contribution in [3.63, 3.8) is 0 Å². The molecule has 3 rings (SSSR count). The highest BCUT2D eigenvalue weighted by Crippen LogP contribution is 2.39. The van der Waals surface area contributed by atoms with E-state index >= 15 is 0 Å². The first-order valence-corrected chi connectivity index (χ1v) is 9.35. The highest BCUT2D eigenvalue weighted by atomic mass is 32.1. The molecule has 1 saturated carbocycles. The summed E-state index contributed by atoms with van der Waals surface area (Å²) in [6, 6.07) is 8.83. The largest absolute Gasteiger partial charge is 0.330 e. The smallest absolute Gasteiger partial charge is 0.0345 e. The predicted octanol–water partition coefficient (Wildman–Crippen LogP) is 5.24. The number of nitrogens with two attached hydrogens (primary N) is 1. The number of rotatable bonds is 5. The highest BCUT2D eigenvalue weighted by Gasteiger charge is 2.29. The molecule has 0 bridgehead atoms. The quantitative estimate of drug-likeness (QED) is 0.803. The molecule has 0 spiro atoms. The van der Waals surface area contributed by atoms with Crippen LogP contribution in [0, 0.1) is 17.8 Å². The molecule has 21 heavy (non-hydrogen) atoms. The molecule has 3 atom stereocenters. The first-order chi connectivity index (χ1) is 10.3. The lowest BCUT2D eigenvalue weighted by Gasteiger charge is -2.35. The van der Waals surface area contributed by atoms with Crippen molar-refractivity contribution in [3.8, 4) is 0 Å². The van der Waals surface area contributed by atoms with Crippen molar-refractivity contribution in [2.75, 3.05) is 6.54 Å². The molecular formula is C19H27NS. The first kappa shape index (κ1) is 15.1. The number of thiophene rings is 1. The normalized spacial score (nSPS) is 26.3. The molecule has 2 heteroatoms. The Bertz CT molecular complexity index is 574. The van der Waals surface area contributed by atoms with Crippen LogP contribution in [0.1, 0.15) is 44.6 Å². The Kier molecular flexibility index (Phi) is 4.97. The van der Waals surface area contributed by atoms with E-state index in [-0.39, 0.29) is 0 Å². The van der Waals surface area contributed by atoms with Gasteiger partial charge >= 0.3 is 0 Å². The third-order valence-corrected chi connectivity index (χ3v) is 6.30. The molecule has 1 aromatic carbocycles. The molecule has 1 heterocycles. The van der Waals surface area contributed by atoms with Crippen LogP contribution in [-0.2, 0) is 6.42 Å².